The van der Waals surface area contributed by atoms with Crippen molar-refractivity contribution in [2.75, 3.05) is 5.88 Å². The Kier molecular flexibility index (Phi) is 1.83. The summed E-state index contributed by atoms with van der Waals surface area (Å²) >= 11 is 5.53. The Hall–Kier alpha value is -1.30. The number of aromatic nitrogens is 6. The van der Waals surface area contributed by atoms with Crippen molar-refractivity contribution in [3.05, 3.63) is 5.82 Å². The second-order valence-corrected chi connectivity index (χ2v) is 2.55. The second kappa shape index (κ2) is 2.98. The average molecular weight is 185 g/mol. The van der Waals surface area contributed by atoms with E-state index in [-0.39, 0.29) is 0 Å². The van der Waals surface area contributed by atoms with E-state index in [2.05, 4.69) is 30.6 Å². The van der Waals surface area contributed by atoms with E-state index in [0.717, 1.165) is 5.82 Å². The summed E-state index contributed by atoms with van der Waals surface area (Å²) in [6.45, 7) is 0. The minimum atomic E-state index is 0.477. The Labute approximate surface area is 72.4 Å². The lowest BCUT2D eigenvalue weighted by Crippen LogP contribution is -1.90. The highest BCUT2D eigenvalue weighted by Crippen LogP contribution is 2.03. The van der Waals surface area contributed by atoms with Crippen LogP contribution in [0.1, 0.15) is 5.82 Å². The molecule has 0 spiro atoms. The van der Waals surface area contributed by atoms with Gasteiger partial charge in [0.2, 0.25) is 11.3 Å². The van der Waals surface area contributed by atoms with Crippen LogP contribution in [-0.4, -0.2) is 36.5 Å². The number of imidazole rings is 1. The molecule has 1 N–H and O–H groups in total. The topological polar surface area (TPSA) is 80.2 Å². The molecule has 12 heavy (non-hydrogen) atoms. The highest BCUT2D eigenvalue weighted by atomic mass is 35.5. The summed E-state index contributed by atoms with van der Waals surface area (Å²) in [6, 6.07) is 0. The molecule has 0 aliphatic carbocycles. The van der Waals surface area contributed by atoms with E-state index in [1.165, 1.54) is 0 Å². The van der Waals surface area contributed by atoms with Crippen LogP contribution in [-0.2, 0) is 6.42 Å². The molecule has 0 aromatic carbocycles. The Bertz CT molecular complexity index is 351. The molecule has 0 saturated heterocycles. The lowest BCUT2D eigenvalue weighted by atomic mass is 10.5. The van der Waals surface area contributed by atoms with Gasteiger partial charge >= 0.3 is 0 Å². The van der Waals surface area contributed by atoms with Gasteiger partial charge in [0.05, 0.1) is 0 Å². The van der Waals surface area contributed by atoms with Crippen molar-refractivity contribution in [2.45, 2.75) is 6.42 Å². The van der Waals surface area contributed by atoms with Gasteiger partial charge in [-0.1, -0.05) is 0 Å². The first-order valence-electron chi connectivity index (χ1n) is 3.37. The van der Waals surface area contributed by atoms with Crippen molar-refractivity contribution in [1.82, 2.24) is 30.6 Å². The first-order valence-corrected chi connectivity index (χ1v) is 3.90. The molecule has 6 nitrogen and oxygen atoms in total. The first-order chi connectivity index (χ1) is 5.90. The molecule has 0 aliphatic heterocycles. The minimum absolute atomic E-state index is 0.477. The number of nitrogens with zero attached hydrogens (tertiary/aromatic N) is 5. The van der Waals surface area contributed by atoms with Gasteiger partial charge in [-0.15, -0.1) is 21.8 Å². The first kappa shape index (κ1) is 7.35. The van der Waals surface area contributed by atoms with E-state index in [4.69, 9.17) is 11.6 Å². The molecule has 0 aliphatic rings. The number of alkyl halides is 1. The normalized spacial score (nSPS) is 10.8. The molecule has 0 atom stereocenters. The highest BCUT2D eigenvalue weighted by molar-refractivity contribution is 6.17. The number of nitrogens with one attached hydrogen (secondary N) is 1. The van der Waals surface area contributed by atoms with Gasteiger partial charge < -0.3 is 4.98 Å². The van der Waals surface area contributed by atoms with Crippen molar-refractivity contribution in [3.8, 4) is 0 Å². The fraction of sp³-hybridized carbons (Fsp3) is 0.400. The van der Waals surface area contributed by atoms with E-state index in [0.29, 0.717) is 23.6 Å². The van der Waals surface area contributed by atoms with E-state index in [9.17, 15) is 0 Å². The zero-order valence-corrected chi connectivity index (χ0v) is 6.78. The molecule has 2 aromatic rings. The lowest BCUT2D eigenvalue weighted by molar-refractivity contribution is 0.790. The van der Waals surface area contributed by atoms with Crippen LogP contribution in [0.25, 0.3) is 11.3 Å². The van der Waals surface area contributed by atoms with Crippen LogP contribution < -0.4 is 0 Å². The summed E-state index contributed by atoms with van der Waals surface area (Å²) in [5.74, 6) is 1.27. The van der Waals surface area contributed by atoms with Crippen LogP contribution in [0, 0.1) is 0 Å². The average Bonchev–Trinajstić information content (AvgIpc) is 2.47. The van der Waals surface area contributed by atoms with Crippen LogP contribution in [0.5, 0.6) is 0 Å². The van der Waals surface area contributed by atoms with Gasteiger partial charge in [-0.3, -0.25) is 0 Å². The standard InChI is InChI=1S/C5H5ClN6/c6-2-1-3-7-4-5(8-3)10-12-11-9-4/h1-2H2,(H,7,8,9,10,11,12). The molecular formula is C5H5ClN6. The van der Waals surface area contributed by atoms with Crippen molar-refractivity contribution >= 4 is 22.9 Å². The highest BCUT2D eigenvalue weighted by Gasteiger charge is 2.03. The molecule has 2 aromatic heterocycles. The van der Waals surface area contributed by atoms with E-state index < -0.39 is 0 Å². The van der Waals surface area contributed by atoms with Crippen LogP contribution in [0.4, 0.5) is 0 Å². The molecule has 0 fully saturated rings. The number of rotatable bonds is 2. The summed E-state index contributed by atoms with van der Waals surface area (Å²) in [5.41, 5.74) is 1.02. The van der Waals surface area contributed by atoms with Gasteiger partial charge in [-0.2, -0.15) is 0 Å². The summed E-state index contributed by atoms with van der Waals surface area (Å²) in [5, 5.41) is 14.1. The number of halogens is 1. The van der Waals surface area contributed by atoms with Crippen molar-refractivity contribution in [1.29, 1.82) is 0 Å². The fourth-order valence-electron chi connectivity index (χ4n) is 0.876. The van der Waals surface area contributed by atoms with Crippen LogP contribution in [0.2, 0.25) is 0 Å². The summed E-state index contributed by atoms with van der Waals surface area (Å²) in [4.78, 5) is 7.01. The maximum atomic E-state index is 5.53. The van der Waals surface area contributed by atoms with Gasteiger partial charge in [0, 0.05) is 12.3 Å². The molecule has 0 bridgehead atoms. The molecule has 0 amide bonds. The molecule has 7 heteroatoms. The maximum absolute atomic E-state index is 5.53. The molecule has 0 radical (unpaired) electrons. The molecule has 2 heterocycles. The Morgan fingerprint density at radius 2 is 2.08 bits per heavy atom. The van der Waals surface area contributed by atoms with Crippen LogP contribution >= 0.6 is 11.6 Å². The zero-order chi connectivity index (χ0) is 8.39. The molecular weight excluding hydrogens is 180 g/mol. The molecule has 0 saturated carbocycles. The third kappa shape index (κ3) is 1.20. The van der Waals surface area contributed by atoms with Gasteiger partial charge in [-0.05, 0) is 10.4 Å². The third-order valence-corrected chi connectivity index (χ3v) is 1.56. The number of hydrogen-bond acceptors (Lipinski definition) is 5. The molecule has 62 valence electrons. The Balaban J connectivity index is 2.47. The Morgan fingerprint density at radius 1 is 1.25 bits per heavy atom. The minimum Gasteiger partial charge on any atom is -0.324 e. The maximum Gasteiger partial charge on any atom is 0.223 e. The largest absolute Gasteiger partial charge is 0.324 e. The third-order valence-electron chi connectivity index (χ3n) is 1.37. The predicted molar refractivity (Wildman–Crippen MR) is 41.7 cm³/mol. The smallest absolute Gasteiger partial charge is 0.223 e. The molecule has 2 rings (SSSR count). The Morgan fingerprint density at radius 3 is 2.83 bits per heavy atom. The van der Waals surface area contributed by atoms with Gasteiger partial charge in [0.1, 0.15) is 5.82 Å². The number of aromatic amines is 1. The quantitative estimate of drug-likeness (QED) is 0.661. The SMILES string of the molecule is ClCCc1nc2nnnnc2[nH]1. The number of hydrogen-bond donors (Lipinski definition) is 1. The molecule has 0 unspecified atom stereocenters. The van der Waals surface area contributed by atoms with E-state index in [1.54, 1.807) is 0 Å². The number of fused-ring (bicyclic) bond motifs is 1. The second-order valence-electron chi connectivity index (χ2n) is 2.17. The summed E-state index contributed by atoms with van der Waals surface area (Å²) < 4.78 is 0. The van der Waals surface area contributed by atoms with Crippen molar-refractivity contribution in [2.24, 2.45) is 0 Å². The van der Waals surface area contributed by atoms with Gasteiger partial charge in [0.15, 0.2) is 0 Å². The fourth-order valence-corrected chi connectivity index (χ4v) is 1.05. The van der Waals surface area contributed by atoms with E-state index >= 15 is 0 Å². The monoisotopic (exact) mass is 184 g/mol. The van der Waals surface area contributed by atoms with Crippen LogP contribution in [0.3, 0.4) is 0 Å². The lowest BCUT2D eigenvalue weighted by Gasteiger charge is -1.84. The van der Waals surface area contributed by atoms with Crippen LogP contribution in [0.15, 0.2) is 0 Å². The van der Waals surface area contributed by atoms with Crippen molar-refractivity contribution in [3.63, 3.8) is 0 Å². The van der Waals surface area contributed by atoms with Gasteiger partial charge in [-0.25, -0.2) is 4.98 Å². The number of H-pyrrole nitrogens is 1. The summed E-state index contributed by atoms with van der Waals surface area (Å²) in [7, 11) is 0. The van der Waals surface area contributed by atoms with E-state index in [1.807, 2.05) is 0 Å². The predicted octanol–water partition coefficient (Wildman–Crippen LogP) is -0.0758. The summed E-state index contributed by atoms with van der Waals surface area (Å²) in [6.07, 6.45) is 0.666. The van der Waals surface area contributed by atoms with Gasteiger partial charge in [0.25, 0.3) is 0 Å². The van der Waals surface area contributed by atoms with Crippen molar-refractivity contribution < 1.29 is 0 Å². The zero-order valence-electron chi connectivity index (χ0n) is 6.03. The number of aryl methyl sites for hydroxylation is 1.